The van der Waals surface area contributed by atoms with E-state index in [-0.39, 0.29) is 42.1 Å². The number of benzene rings is 1. The Labute approximate surface area is 368 Å². The fourth-order valence-electron chi connectivity index (χ4n) is 9.54. The quantitative estimate of drug-likeness (QED) is 0.0398. The van der Waals surface area contributed by atoms with E-state index in [1.165, 1.54) is 83.5 Å². The van der Waals surface area contributed by atoms with E-state index < -0.39 is 17.5 Å². The van der Waals surface area contributed by atoms with Crippen LogP contribution in [0.3, 0.4) is 0 Å². The number of fused-ring (bicyclic) bond motifs is 2. The van der Waals surface area contributed by atoms with Gasteiger partial charge in [-0.25, -0.2) is 4.79 Å². The van der Waals surface area contributed by atoms with Crippen LogP contribution in [0.25, 0.3) is 0 Å². The minimum absolute atomic E-state index is 0.0570. The number of rotatable bonds is 30. The number of hydrogen-bond donors (Lipinski definition) is 3. The number of thioether (sulfide) groups is 1. The number of aliphatic hydroxyl groups is 2. The van der Waals surface area contributed by atoms with Crippen molar-refractivity contribution in [3.63, 3.8) is 0 Å². The van der Waals surface area contributed by atoms with Crippen LogP contribution in [0.2, 0.25) is 0 Å². The van der Waals surface area contributed by atoms with Crippen LogP contribution in [-0.4, -0.2) is 70.8 Å². The van der Waals surface area contributed by atoms with Gasteiger partial charge in [0, 0.05) is 37.7 Å². The van der Waals surface area contributed by atoms with Crippen molar-refractivity contribution >= 4 is 23.6 Å². The molecule has 0 spiro atoms. The molecule has 9 nitrogen and oxygen atoms in total. The Morgan fingerprint density at radius 2 is 1.55 bits per heavy atom. The number of carbonyl (C=O) groups excluding carboxylic acids is 1. The Kier molecular flexibility index (Phi) is 22.4. The summed E-state index contributed by atoms with van der Waals surface area (Å²) >= 11 is 1.94. The van der Waals surface area contributed by atoms with Crippen LogP contribution in [0, 0.1) is 17.8 Å². The third-order valence-corrected chi connectivity index (χ3v) is 13.8. The summed E-state index contributed by atoms with van der Waals surface area (Å²) in [5.41, 5.74) is 2.58. The molecular formula is C50H82N2O7S. The number of hydrogen-bond acceptors (Lipinski definition) is 9. The van der Waals surface area contributed by atoms with Crippen LogP contribution in [0.4, 0.5) is 4.79 Å². The summed E-state index contributed by atoms with van der Waals surface area (Å²) < 4.78 is 20.2. The molecule has 0 radical (unpaired) electrons. The molecule has 1 saturated carbocycles. The SMILES string of the molecule is C=CCOC12Oc3ccc(OC(=O)NCC)cc3C3C(CCCCO)C(CCCCO)C=C(C(=NOC(C)(C)C)CC1SCCCCCCCCCCCCCCCC)C32. The zero-order chi connectivity index (χ0) is 43.2. The Bertz CT molecular complexity index is 1480. The van der Waals surface area contributed by atoms with Crippen molar-refractivity contribution in [1.82, 2.24) is 5.32 Å². The number of unbranched alkanes of at least 4 members (excludes halogenated alkanes) is 15. The highest BCUT2D eigenvalue weighted by Gasteiger charge is 2.64. The Balaban J connectivity index is 1.64. The molecule has 3 aliphatic rings. The molecule has 1 fully saturated rings. The van der Waals surface area contributed by atoms with Crippen LogP contribution < -0.4 is 14.8 Å². The molecule has 1 aliphatic heterocycles. The van der Waals surface area contributed by atoms with Gasteiger partial charge in [0.05, 0.1) is 23.5 Å². The third-order valence-electron chi connectivity index (χ3n) is 12.4. The van der Waals surface area contributed by atoms with Gasteiger partial charge in [-0.05, 0) is 101 Å². The summed E-state index contributed by atoms with van der Waals surface area (Å²) in [4.78, 5) is 18.9. The molecule has 4 rings (SSSR count). The van der Waals surface area contributed by atoms with Gasteiger partial charge in [0.25, 0.3) is 0 Å². The van der Waals surface area contributed by atoms with E-state index in [9.17, 15) is 15.0 Å². The second-order valence-corrected chi connectivity index (χ2v) is 19.6. The molecule has 10 heteroatoms. The standard InChI is InChI=1S/C50H82N2O7S/c1-7-10-11-12-13-14-15-16-17-18-19-20-21-26-34-60-45-37-43(52-59-49(4,5)6)41-35-38(27-22-24-31-53)40(28-23-25-32-54)46-42-36-39(57-48(55)51-9-3)29-30-44(42)58-50(45,47(41)46)56-33-8-2/h8,29-30,35-36,38,40,45-47,53-54H,2,7,9-28,31-34,37H2,1,3-6H3,(H,51,55). The Morgan fingerprint density at radius 3 is 2.15 bits per heavy atom. The molecule has 0 aromatic heterocycles. The number of nitrogens with zero attached hydrogens (tertiary/aromatic N) is 1. The van der Waals surface area contributed by atoms with Crippen LogP contribution in [-0.2, 0) is 9.57 Å². The van der Waals surface area contributed by atoms with E-state index in [2.05, 4.69) is 24.9 Å². The van der Waals surface area contributed by atoms with E-state index in [1.807, 2.05) is 63.7 Å². The minimum Gasteiger partial charge on any atom is -0.460 e. The largest absolute Gasteiger partial charge is 0.460 e. The number of amides is 1. The zero-order valence-corrected chi connectivity index (χ0v) is 39.0. The second-order valence-electron chi connectivity index (χ2n) is 18.3. The predicted octanol–water partition coefficient (Wildman–Crippen LogP) is 12.4. The van der Waals surface area contributed by atoms with Crippen molar-refractivity contribution in [3.05, 3.63) is 48.1 Å². The minimum atomic E-state index is -1.01. The summed E-state index contributed by atoms with van der Waals surface area (Å²) in [7, 11) is 0. The molecule has 3 N–H and O–H groups in total. The first-order valence-corrected chi connectivity index (χ1v) is 25.0. The molecular weight excluding hydrogens is 773 g/mol. The zero-order valence-electron chi connectivity index (χ0n) is 38.2. The normalized spacial score (nSPS) is 23.9. The maximum atomic E-state index is 12.7. The van der Waals surface area contributed by atoms with Gasteiger partial charge in [0.1, 0.15) is 17.1 Å². The number of aliphatic hydroxyl groups excluding tert-OH is 2. The number of carbonyl (C=O) groups is 1. The lowest BCUT2D eigenvalue weighted by Crippen LogP contribution is -2.64. The van der Waals surface area contributed by atoms with Gasteiger partial charge >= 0.3 is 6.09 Å². The van der Waals surface area contributed by atoms with Crippen LogP contribution in [0.5, 0.6) is 11.5 Å². The van der Waals surface area contributed by atoms with Crippen molar-refractivity contribution in [2.75, 3.05) is 32.1 Å². The van der Waals surface area contributed by atoms with Crippen molar-refractivity contribution in [3.8, 4) is 11.5 Å². The first-order valence-electron chi connectivity index (χ1n) is 24.0. The van der Waals surface area contributed by atoms with Gasteiger partial charge < -0.3 is 34.6 Å². The van der Waals surface area contributed by atoms with Gasteiger partial charge in [0.2, 0.25) is 5.79 Å². The molecule has 0 saturated heterocycles. The van der Waals surface area contributed by atoms with Crippen molar-refractivity contribution in [2.24, 2.45) is 22.9 Å². The molecule has 340 valence electrons. The van der Waals surface area contributed by atoms with Gasteiger partial charge in [-0.2, -0.15) is 11.8 Å². The van der Waals surface area contributed by atoms with Gasteiger partial charge in [-0.1, -0.05) is 121 Å². The Morgan fingerprint density at radius 1 is 0.917 bits per heavy atom. The lowest BCUT2D eigenvalue weighted by molar-refractivity contribution is -0.223. The van der Waals surface area contributed by atoms with Gasteiger partial charge in [-0.3, -0.25) is 0 Å². The average Bonchev–Trinajstić information content (AvgIpc) is 3.22. The molecule has 1 heterocycles. The molecule has 0 bridgehead atoms. The smallest absolute Gasteiger partial charge is 0.412 e. The van der Waals surface area contributed by atoms with E-state index >= 15 is 0 Å². The van der Waals surface area contributed by atoms with Gasteiger partial charge in [-0.15, -0.1) is 6.58 Å². The van der Waals surface area contributed by atoms with E-state index in [0.717, 1.165) is 73.3 Å². The first kappa shape index (κ1) is 50.1. The van der Waals surface area contributed by atoms with Crippen molar-refractivity contribution < 1.29 is 34.1 Å². The monoisotopic (exact) mass is 855 g/mol. The van der Waals surface area contributed by atoms with Gasteiger partial charge in [0.15, 0.2) is 0 Å². The number of allylic oxidation sites excluding steroid dienone is 1. The highest BCUT2D eigenvalue weighted by Crippen LogP contribution is 2.62. The van der Waals surface area contributed by atoms with Crippen LogP contribution >= 0.6 is 11.8 Å². The van der Waals surface area contributed by atoms with E-state index in [4.69, 9.17) is 24.2 Å². The summed E-state index contributed by atoms with van der Waals surface area (Å²) in [6, 6.07) is 5.76. The Hall–Kier alpha value is -2.53. The summed E-state index contributed by atoms with van der Waals surface area (Å²) in [6.07, 6.45) is 28.1. The van der Waals surface area contributed by atoms with Crippen molar-refractivity contribution in [1.29, 1.82) is 0 Å². The maximum Gasteiger partial charge on any atom is 0.412 e. The highest BCUT2D eigenvalue weighted by atomic mass is 32.2. The molecule has 60 heavy (non-hydrogen) atoms. The first-order chi connectivity index (χ1) is 29.1. The highest BCUT2D eigenvalue weighted by molar-refractivity contribution is 8.00. The lowest BCUT2D eigenvalue weighted by atomic mass is 9.56. The number of oxime groups is 1. The van der Waals surface area contributed by atoms with Crippen LogP contribution in [0.1, 0.15) is 181 Å². The summed E-state index contributed by atoms with van der Waals surface area (Å²) in [6.45, 7) is 15.4. The number of ether oxygens (including phenoxy) is 3. The fourth-order valence-corrected chi connectivity index (χ4v) is 11.0. The molecule has 6 unspecified atom stereocenters. The lowest BCUT2D eigenvalue weighted by Gasteiger charge is -2.58. The van der Waals surface area contributed by atoms with Crippen molar-refractivity contribution in [2.45, 2.75) is 192 Å². The topological polar surface area (TPSA) is 119 Å². The fraction of sp³-hybridized carbons (Fsp3) is 0.760. The molecule has 1 aromatic carbocycles. The summed E-state index contributed by atoms with van der Waals surface area (Å²) in [5, 5.41) is 27.4. The van der Waals surface area contributed by atoms with E-state index in [1.54, 1.807) is 0 Å². The molecule has 6 atom stereocenters. The third kappa shape index (κ3) is 15.1. The maximum absolute atomic E-state index is 12.7. The molecule has 1 aromatic rings. The predicted molar refractivity (Wildman–Crippen MR) is 248 cm³/mol. The van der Waals surface area contributed by atoms with E-state index in [0.29, 0.717) is 25.3 Å². The average molecular weight is 855 g/mol. The van der Waals surface area contributed by atoms with Crippen LogP contribution in [0.15, 0.2) is 47.7 Å². The number of nitrogens with one attached hydrogen (secondary N) is 1. The second kappa shape index (κ2) is 26.8. The summed E-state index contributed by atoms with van der Waals surface area (Å²) in [5.74, 6) is 1.28. The molecule has 2 aliphatic carbocycles. The molecule has 1 amide bonds.